The van der Waals surface area contributed by atoms with Crippen molar-refractivity contribution >= 4 is 29.1 Å². The highest BCUT2D eigenvalue weighted by Gasteiger charge is 2.41. The average molecular weight is 525 g/mol. The van der Waals surface area contributed by atoms with E-state index >= 15 is 0 Å². The van der Waals surface area contributed by atoms with E-state index in [4.69, 9.17) is 15.6 Å². The lowest BCUT2D eigenvalue weighted by Crippen LogP contribution is -2.48. The maximum Gasteiger partial charge on any atom is 0.403 e. The summed E-state index contributed by atoms with van der Waals surface area (Å²) in [5.41, 5.74) is 5.70. The Morgan fingerprint density at radius 3 is 2.81 bits per heavy atom. The third kappa shape index (κ3) is 6.09. The molecule has 0 unspecified atom stereocenters. The molecule has 2 aliphatic heterocycles. The lowest BCUT2D eigenvalue weighted by molar-refractivity contribution is -0.148. The number of amides is 2. The number of nitrogens with two attached hydrogens (primary N) is 1. The topological polar surface area (TPSA) is 154 Å². The number of nitrogens with one attached hydrogen (secondary N) is 1. The molecule has 0 aliphatic carbocycles. The molecule has 11 nitrogen and oxygen atoms in total. The monoisotopic (exact) mass is 524 g/mol. The van der Waals surface area contributed by atoms with Crippen LogP contribution in [0.3, 0.4) is 0 Å². The molecule has 0 aromatic carbocycles. The number of Topliss-reactive ketones (excluding diaryl/α,β-unsaturated/α-hetero) is 1. The van der Waals surface area contributed by atoms with Crippen LogP contribution in [0.5, 0.6) is 5.75 Å². The molecular formula is C23H27F3N6O5. The number of ketones is 1. The number of carbonyl (C=O) groups excluding carboxylic acids is 2. The normalized spacial score (nSPS) is 18.3. The van der Waals surface area contributed by atoms with Gasteiger partial charge in [0.2, 0.25) is 0 Å². The van der Waals surface area contributed by atoms with Crippen LogP contribution < -0.4 is 25.6 Å². The van der Waals surface area contributed by atoms with Crippen molar-refractivity contribution in [1.82, 2.24) is 9.97 Å². The molecule has 0 spiro atoms. The van der Waals surface area contributed by atoms with E-state index in [1.165, 1.54) is 29.3 Å². The first-order valence-corrected chi connectivity index (χ1v) is 11.7. The number of nitrogens with zero attached hydrogens (tertiary/aromatic N) is 4. The zero-order valence-corrected chi connectivity index (χ0v) is 19.7. The Morgan fingerprint density at radius 1 is 1.30 bits per heavy atom. The number of ether oxygens (including phenoxy) is 1. The fourth-order valence-electron chi connectivity index (χ4n) is 4.19. The van der Waals surface area contributed by atoms with Crippen LogP contribution in [-0.4, -0.2) is 82.7 Å². The molecule has 37 heavy (non-hydrogen) atoms. The zero-order valence-electron chi connectivity index (χ0n) is 19.7. The van der Waals surface area contributed by atoms with Crippen molar-refractivity contribution in [2.24, 2.45) is 5.73 Å². The number of pyridine rings is 2. The third-order valence-corrected chi connectivity index (χ3v) is 6.18. The molecule has 5 N–H and O–H groups in total. The molecule has 14 heteroatoms. The van der Waals surface area contributed by atoms with E-state index < -0.39 is 49.6 Å². The number of aromatic nitrogens is 2. The van der Waals surface area contributed by atoms with Gasteiger partial charge in [0.25, 0.3) is 0 Å². The van der Waals surface area contributed by atoms with Gasteiger partial charge in [-0.2, -0.15) is 13.2 Å². The minimum Gasteiger partial charge on any atom is -0.491 e. The van der Waals surface area contributed by atoms with Gasteiger partial charge in [-0.05, 0) is 31.0 Å². The number of halogens is 3. The number of anilines is 3. The van der Waals surface area contributed by atoms with Gasteiger partial charge in [-0.25, -0.2) is 14.8 Å². The second-order valence-electron chi connectivity index (χ2n) is 8.86. The molecule has 3 atom stereocenters. The second kappa shape index (κ2) is 10.9. The molecule has 200 valence electrons. The molecular weight excluding hydrogens is 497 g/mol. The number of carbonyl (C=O) groups is 2. The van der Waals surface area contributed by atoms with Gasteiger partial charge in [0.15, 0.2) is 11.6 Å². The fraction of sp³-hybridized carbons (Fsp3) is 0.478. The van der Waals surface area contributed by atoms with E-state index in [0.29, 0.717) is 30.9 Å². The van der Waals surface area contributed by atoms with Gasteiger partial charge in [-0.1, -0.05) is 0 Å². The van der Waals surface area contributed by atoms with Gasteiger partial charge < -0.3 is 25.6 Å². The van der Waals surface area contributed by atoms with E-state index in [-0.39, 0.29) is 30.0 Å². The molecule has 0 radical (unpaired) electrons. The van der Waals surface area contributed by atoms with Crippen LogP contribution in [-0.2, 0) is 0 Å². The van der Waals surface area contributed by atoms with Crippen LogP contribution in [0.25, 0.3) is 0 Å². The fourth-order valence-corrected chi connectivity index (χ4v) is 4.19. The summed E-state index contributed by atoms with van der Waals surface area (Å²) in [5.74, 6) is 0.103. The van der Waals surface area contributed by atoms with Crippen LogP contribution >= 0.6 is 0 Å². The molecule has 2 bridgehead atoms. The Kier molecular flexibility index (Phi) is 7.80. The maximum absolute atomic E-state index is 13.3. The number of urea groups is 1. The summed E-state index contributed by atoms with van der Waals surface area (Å²) >= 11 is 0. The number of aliphatic hydroxyl groups is 2. The number of alkyl halides is 3. The third-order valence-electron chi connectivity index (χ3n) is 6.18. The van der Waals surface area contributed by atoms with Crippen LogP contribution in [0, 0.1) is 0 Å². The SMILES string of the molecule is N[C@H](CCC(=O)c1ccc2c(n1)N(C(=O)Nc1cc(OC[C@H](O)CO)ccn1)[C@H]1CCN2C1)C(F)(F)F. The first-order valence-electron chi connectivity index (χ1n) is 11.7. The standard InChI is InChI=1S/C23H27F3N6O5/c24-23(25,26)19(27)4-3-18(35)16-1-2-17-21(29-16)32(13-6-8-31(17)10-13)22(36)30-20-9-15(5-7-28-20)37-12-14(34)11-33/h1-2,5,7,9,13-14,19,33-34H,3-4,6,8,10-12,27H2,(H,28,30,36)/t13-,14+,19+/m0/s1. The summed E-state index contributed by atoms with van der Waals surface area (Å²) in [6.45, 7) is 0.616. The van der Waals surface area contributed by atoms with E-state index in [2.05, 4.69) is 15.3 Å². The molecule has 0 saturated carbocycles. The Labute approximate surface area is 210 Å². The number of fused-ring (bicyclic) bond motifs is 4. The molecule has 2 aliphatic rings. The van der Waals surface area contributed by atoms with E-state index in [1.807, 2.05) is 4.90 Å². The van der Waals surface area contributed by atoms with Crippen molar-refractivity contribution < 1.29 is 37.7 Å². The zero-order chi connectivity index (χ0) is 26.7. The van der Waals surface area contributed by atoms with Crippen molar-refractivity contribution in [3.63, 3.8) is 0 Å². The van der Waals surface area contributed by atoms with Crippen molar-refractivity contribution in [2.75, 3.05) is 41.4 Å². The highest BCUT2D eigenvalue weighted by atomic mass is 19.4. The van der Waals surface area contributed by atoms with Gasteiger partial charge in [0.05, 0.1) is 18.3 Å². The number of hydrogen-bond acceptors (Lipinski definition) is 9. The first kappa shape index (κ1) is 26.6. The van der Waals surface area contributed by atoms with E-state index in [9.17, 15) is 27.9 Å². The molecule has 4 heterocycles. The maximum atomic E-state index is 13.3. The Balaban J connectivity index is 1.51. The Morgan fingerprint density at radius 2 is 2.08 bits per heavy atom. The molecule has 2 aromatic heterocycles. The Hall–Kier alpha value is -3.49. The van der Waals surface area contributed by atoms with Gasteiger partial charge in [-0.15, -0.1) is 0 Å². The first-order chi connectivity index (χ1) is 17.6. The minimum absolute atomic E-state index is 0.0515. The van der Waals surface area contributed by atoms with Crippen molar-refractivity contribution in [2.45, 2.75) is 43.6 Å². The lowest BCUT2D eigenvalue weighted by Gasteiger charge is -2.35. The summed E-state index contributed by atoms with van der Waals surface area (Å²) < 4.78 is 43.5. The predicted octanol–water partition coefficient (Wildman–Crippen LogP) is 1.69. The number of hydrogen-bond donors (Lipinski definition) is 4. The minimum atomic E-state index is -4.60. The number of rotatable bonds is 9. The molecule has 2 aromatic rings. The summed E-state index contributed by atoms with van der Waals surface area (Å²) in [5, 5.41) is 21.1. The van der Waals surface area contributed by atoms with E-state index in [1.54, 1.807) is 6.07 Å². The van der Waals surface area contributed by atoms with Crippen LogP contribution in [0.1, 0.15) is 29.8 Å². The van der Waals surface area contributed by atoms with Crippen molar-refractivity contribution in [1.29, 1.82) is 0 Å². The van der Waals surface area contributed by atoms with Crippen molar-refractivity contribution in [3.8, 4) is 5.75 Å². The molecule has 1 fully saturated rings. The molecule has 4 rings (SSSR count). The summed E-state index contributed by atoms with van der Waals surface area (Å²) in [7, 11) is 0. The summed E-state index contributed by atoms with van der Waals surface area (Å²) in [4.78, 5) is 37.9. The lowest BCUT2D eigenvalue weighted by atomic mass is 10.1. The van der Waals surface area contributed by atoms with E-state index in [0.717, 1.165) is 0 Å². The molecule has 1 saturated heterocycles. The van der Waals surface area contributed by atoms with Crippen molar-refractivity contribution in [3.05, 3.63) is 36.2 Å². The van der Waals surface area contributed by atoms with Gasteiger partial charge in [0.1, 0.15) is 36.0 Å². The van der Waals surface area contributed by atoms with Gasteiger partial charge in [-0.3, -0.25) is 15.0 Å². The second-order valence-corrected chi connectivity index (χ2v) is 8.86. The quantitative estimate of drug-likeness (QED) is 0.359. The summed E-state index contributed by atoms with van der Waals surface area (Å²) in [6, 6.07) is 3.16. The average Bonchev–Trinajstić information content (AvgIpc) is 3.29. The molecule has 2 amide bonds. The Bertz CT molecular complexity index is 1150. The predicted molar refractivity (Wildman–Crippen MR) is 127 cm³/mol. The van der Waals surface area contributed by atoms with Crippen LogP contribution in [0.15, 0.2) is 30.5 Å². The van der Waals surface area contributed by atoms with Gasteiger partial charge >= 0.3 is 12.2 Å². The van der Waals surface area contributed by atoms with Gasteiger partial charge in [0, 0.05) is 31.8 Å². The smallest absolute Gasteiger partial charge is 0.403 e. The van der Waals surface area contributed by atoms with Crippen LogP contribution in [0.4, 0.5) is 35.3 Å². The highest BCUT2D eigenvalue weighted by Crippen LogP contribution is 2.39. The number of aliphatic hydroxyl groups excluding tert-OH is 2. The van der Waals surface area contributed by atoms with Crippen LogP contribution in [0.2, 0.25) is 0 Å². The summed E-state index contributed by atoms with van der Waals surface area (Å²) in [6.07, 6.45) is -4.61. The largest absolute Gasteiger partial charge is 0.491 e. The highest BCUT2D eigenvalue weighted by molar-refractivity contribution is 6.05.